The second kappa shape index (κ2) is 7.12. The second-order valence-corrected chi connectivity index (χ2v) is 6.00. The fraction of sp³-hybridized carbons (Fsp3) is 0.714. The first kappa shape index (κ1) is 13.0. The summed E-state index contributed by atoms with van der Waals surface area (Å²) < 4.78 is 5.40. The normalized spacial score (nSPS) is 25.0. The van der Waals surface area contributed by atoms with Crippen LogP contribution < -0.4 is 5.32 Å². The van der Waals surface area contributed by atoms with Gasteiger partial charge in [-0.15, -0.1) is 11.8 Å². The van der Waals surface area contributed by atoms with E-state index in [0.29, 0.717) is 6.04 Å². The summed E-state index contributed by atoms with van der Waals surface area (Å²) in [4.78, 5) is 0. The molecule has 17 heavy (non-hydrogen) atoms. The predicted octanol–water partition coefficient (Wildman–Crippen LogP) is 3.82. The molecule has 0 saturated heterocycles. The predicted molar refractivity (Wildman–Crippen MR) is 74.3 cm³/mol. The van der Waals surface area contributed by atoms with Gasteiger partial charge in [-0.2, -0.15) is 0 Å². The van der Waals surface area contributed by atoms with Gasteiger partial charge in [0.1, 0.15) is 5.76 Å². The first-order valence-electron chi connectivity index (χ1n) is 6.77. The molecule has 1 heterocycles. The Labute approximate surface area is 109 Å². The van der Waals surface area contributed by atoms with Crippen molar-refractivity contribution in [2.75, 3.05) is 6.54 Å². The molecule has 2 atom stereocenters. The van der Waals surface area contributed by atoms with E-state index in [4.69, 9.17) is 4.42 Å². The highest BCUT2D eigenvalue weighted by Gasteiger charge is 2.24. The molecule has 0 amide bonds. The third kappa shape index (κ3) is 4.07. The molecule has 1 saturated carbocycles. The van der Waals surface area contributed by atoms with E-state index in [-0.39, 0.29) is 0 Å². The lowest BCUT2D eigenvalue weighted by Crippen LogP contribution is -2.40. The van der Waals surface area contributed by atoms with Crippen LogP contribution in [0.15, 0.2) is 22.8 Å². The molecule has 1 N–H and O–H groups in total. The Bertz CT molecular complexity index is 299. The third-order valence-corrected chi connectivity index (χ3v) is 4.82. The molecule has 2 rings (SSSR count). The number of hydrogen-bond donors (Lipinski definition) is 1. The Hall–Kier alpha value is -0.410. The van der Waals surface area contributed by atoms with Gasteiger partial charge in [0.2, 0.25) is 0 Å². The van der Waals surface area contributed by atoms with Crippen LogP contribution in [0.2, 0.25) is 0 Å². The van der Waals surface area contributed by atoms with Crippen LogP contribution in [-0.4, -0.2) is 17.8 Å². The van der Waals surface area contributed by atoms with Gasteiger partial charge in [0, 0.05) is 11.3 Å². The monoisotopic (exact) mass is 253 g/mol. The average molecular weight is 253 g/mol. The van der Waals surface area contributed by atoms with Crippen molar-refractivity contribution in [3.05, 3.63) is 24.2 Å². The van der Waals surface area contributed by atoms with Gasteiger partial charge < -0.3 is 9.73 Å². The lowest BCUT2D eigenvalue weighted by Gasteiger charge is -2.31. The van der Waals surface area contributed by atoms with Crippen LogP contribution in [0.5, 0.6) is 0 Å². The quantitative estimate of drug-likeness (QED) is 0.834. The zero-order valence-electron chi connectivity index (χ0n) is 10.7. The molecule has 2 unspecified atom stereocenters. The van der Waals surface area contributed by atoms with E-state index in [1.54, 1.807) is 6.26 Å². The SMILES string of the molecule is CCCNC1CCCCC1SCc1ccco1. The van der Waals surface area contributed by atoms with E-state index in [2.05, 4.69) is 30.1 Å². The first-order valence-corrected chi connectivity index (χ1v) is 7.82. The van der Waals surface area contributed by atoms with Crippen LogP contribution in [0.25, 0.3) is 0 Å². The van der Waals surface area contributed by atoms with Gasteiger partial charge in [-0.3, -0.25) is 0 Å². The highest BCUT2D eigenvalue weighted by molar-refractivity contribution is 7.99. The summed E-state index contributed by atoms with van der Waals surface area (Å²) in [7, 11) is 0. The van der Waals surface area contributed by atoms with Crippen LogP contribution in [0.3, 0.4) is 0 Å². The van der Waals surface area contributed by atoms with Crippen LogP contribution in [-0.2, 0) is 5.75 Å². The van der Waals surface area contributed by atoms with E-state index in [9.17, 15) is 0 Å². The number of hydrogen-bond acceptors (Lipinski definition) is 3. The molecule has 1 aromatic rings. The minimum absolute atomic E-state index is 0.712. The molecule has 1 aliphatic carbocycles. The van der Waals surface area contributed by atoms with Gasteiger partial charge in [0.15, 0.2) is 0 Å². The Kier molecular flexibility index (Phi) is 5.46. The van der Waals surface area contributed by atoms with Crippen LogP contribution in [0.1, 0.15) is 44.8 Å². The molecular weight excluding hydrogens is 230 g/mol. The van der Waals surface area contributed by atoms with Crippen molar-refractivity contribution in [1.82, 2.24) is 5.32 Å². The zero-order chi connectivity index (χ0) is 11.9. The molecule has 0 radical (unpaired) electrons. The van der Waals surface area contributed by atoms with E-state index in [1.807, 2.05) is 6.07 Å². The van der Waals surface area contributed by atoms with E-state index in [0.717, 1.165) is 23.3 Å². The largest absolute Gasteiger partial charge is 0.468 e. The molecule has 3 heteroatoms. The standard InChI is InChI=1S/C14H23NOS/c1-2-9-15-13-7-3-4-8-14(13)17-11-12-6-5-10-16-12/h5-6,10,13-15H,2-4,7-9,11H2,1H3. The van der Waals surface area contributed by atoms with Crippen molar-refractivity contribution in [3.63, 3.8) is 0 Å². The highest BCUT2D eigenvalue weighted by atomic mass is 32.2. The van der Waals surface area contributed by atoms with Gasteiger partial charge in [-0.05, 0) is 37.9 Å². The van der Waals surface area contributed by atoms with Gasteiger partial charge in [-0.1, -0.05) is 19.8 Å². The van der Waals surface area contributed by atoms with Crippen molar-refractivity contribution >= 4 is 11.8 Å². The lowest BCUT2D eigenvalue weighted by atomic mass is 9.95. The van der Waals surface area contributed by atoms with Crippen molar-refractivity contribution in [1.29, 1.82) is 0 Å². The summed E-state index contributed by atoms with van der Waals surface area (Å²) in [6.07, 6.45) is 8.47. The van der Waals surface area contributed by atoms with Crippen LogP contribution in [0, 0.1) is 0 Å². The van der Waals surface area contributed by atoms with E-state index >= 15 is 0 Å². The minimum Gasteiger partial charge on any atom is -0.468 e. The Morgan fingerprint density at radius 3 is 3.06 bits per heavy atom. The Balaban J connectivity index is 1.79. The molecule has 0 aliphatic heterocycles. The first-order chi connectivity index (χ1) is 8.40. The van der Waals surface area contributed by atoms with Gasteiger partial charge in [-0.25, -0.2) is 0 Å². The summed E-state index contributed by atoms with van der Waals surface area (Å²) >= 11 is 2.06. The van der Waals surface area contributed by atoms with Crippen molar-refractivity contribution < 1.29 is 4.42 Å². The average Bonchev–Trinajstić information content (AvgIpc) is 2.88. The Morgan fingerprint density at radius 2 is 2.29 bits per heavy atom. The third-order valence-electron chi connectivity index (χ3n) is 3.38. The summed E-state index contributed by atoms with van der Waals surface area (Å²) in [6, 6.07) is 4.76. The van der Waals surface area contributed by atoms with Crippen molar-refractivity contribution in [3.8, 4) is 0 Å². The van der Waals surface area contributed by atoms with Gasteiger partial charge >= 0.3 is 0 Å². The maximum absolute atomic E-state index is 5.40. The second-order valence-electron chi connectivity index (χ2n) is 4.77. The zero-order valence-corrected chi connectivity index (χ0v) is 11.5. The summed E-state index contributed by atoms with van der Waals surface area (Å²) in [5, 5.41) is 4.46. The maximum atomic E-state index is 5.40. The lowest BCUT2D eigenvalue weighted by molar-refractivity contribution is 0.384. The number of furan rings is 1. The van der Waals surface area contributed by atoms with Crippen molar-refractivity contribution in [2.45, 2.75) is 56.1 Å². The number of thioether (sulfide) groups is 1. The minimum atomic E-state index is 0.712. The van der Waals surface area contributed by atoms with Gasteiger partial charge in [0.05, 0.1) is 12.0 Å². The van der Waals surface area contributed by atoms with E-state index < -0.39 is 0 Å². The highest BCUT2D eigenvalue weighted by Crippen LogP contribution is 2.31. The number of nitrogens with one attached hydrogen (secondary N) is 1. The van der Waals surface area contributed by atoms with Crippen LogP contribution in [0.4, 0.5) is 0 Å². The molecule has 2 nitrogen and oxygen atoms in total. The van der Waals surface area contributed by atoms with Gasteiger partial charge in [0.25, 0.3) is 0 Å². The summed E-state index contributed by atoms with van der Waals surface area (Å²) in [5.41, 5.74) is 0. The van der Waals surface area contributed by atoms with Crippen LogP contribution >= 0.6 is 11.8 Å². The molecule has 96 valence electrons. The summed E-state index contributed by atoms with van der Waals surface area (Å²) in [5.74, 6) is 2.12. The Morgan fingerprint density at radius 1 is 1.41 bits per heavy atom. The summed E-state index contributed by atoms with van der Waals surface area (Å²) in [6.45, 7) is 3.39. The smallest absolute Gasteiger partial charge is 0.113 e. The molecular formula is C14H23NOS. The molecule has 1 aliphatic rings. The molecule has 0 aromatic carbocycles. The molecule has 0 spiro atoms. The maximum Gasteiger partial charge on any atom is 0.113 e. The molecule has 0 bridgehead atoms. The van der Waals surface area contributed by atoms with E-state index in [1.165, 1.54) is 32.1 Å². The molecule has 1 aromatic heterocycles. The molecule has 1 fully saturated rings. The van der Waals surface area contributed by atoms with Crippen molar-refractivity contribution in [2.24, 2.45) is 0 Å². The topological polar surface area (TPSA) is 25.2 Å². The number of rotatable bonds is 6. The fourth-order valence-electron chi connectivity index (χ4n) is 2.44. The fourth-order valence-corrected chi connectivity index (χ4v) is 3.78.